The Bertz CT molecular complexity index is 307. The Labute approximate surface area is 115 Å². The van der Waals surface area contributed by atoms with Gasteiger partial charge in [-0.1, -0.05) is 13.8 Å². The van der Waals surface area contributed by atoms with Crippen LogP contribution in [-0.2, 0) is 4.79 Å². The minimum absolute atomic E-state index is 0.00882. The number of amides is 2. The van der Waals surface area contributed by atoms with Gasteiger partial charge in [0.05, 0.1) is 5.92 Å². The first-order valence-electron chi connectivity index (χ1n) is 7.33. The van der Waals surface area contributed by atoms with Gasteiger partial charge in [0.2, 0.25) is 0 Å². The van der Waals surface area contributed by atoms with Crippen LogP contribution in [-0.4, -0.2) is 41.1 Å². The van der Waals surface area contributed by atoms with Crippen LogP contribution in [0.25, 0.3) is 0 Å². The lowest BCUT2D eigenvalue weighted by molar-refractivity contribution is -0.141. The van der Waals surface area contributed by atoms with Crippen LogP contribution in [0.15, 0.2) is 0 Å². The summed E-state index contributed by atoms with van der Waals surface area (Å²) in [6.07, 6.45) is 5.71. The molecule has 19 heavy (non-hydrogen) atoms. The summed E-state index contributed by atoms with van der Waals surface area (Å²) in [7, 11) is 0. The number of hydrogen-bond donors (Lipinski definition) is 2. The molecule has 0 aromatic heterocycles. The van der Waals surface area contributed by atoms with Crippen molar-refractivity contribution in [2.45, 2.75) is 58.4 Å². The third-order valence-electron chi connectivity index (χ3n) is 3.87. The number of carboxylic acids is 1. The highest BCUT2D eigenvalue weighted by atomic mass is 16.4. The number of aliphatic carboxylic acids is 1. The molecule has 1 saturated heterocycles. The maximum atomic E-state index is 12.0. The summed E-state index contributed by atoms with van der Waals surface area (Å²) in [4.78, 5) is 24.6. The molecule has 1 heterocycles. The molecule has 1 aliphatic heterocycles. The van der Waals surface area contributed by atoms with E-state index in [-0.39, 0.29) is 11.9 Å². The molecule has 2 atom stereocenters. The fourth-order valence-electron chi connectivity index (χ4n) is 2.52. The largest absolute Gasteiger partial charge is 0.481 e. The van der Waals surface area contributed by atoms with Crippen LogP contribution >= 0.6 is 0 Å². The van der Waals surface area contributed by atoms with Crippen LogP contribution in [0.1, 0.15) is 52.4 Å². The van der Waals surface area contributed by atoms with Crippen LogP contribution in [0.2, 0.25) is 0 Å². The summed E-state index contributed by atoms with van der Waals surface area (Å²) in [5.74, 6) is -1.11. The normalized spacial score (nSPS) is 20.9. The second-order valence-electron chi connectivity index (χ2n) is 5.36. The average molecular weight is 270 g/mol. The third-order valence-corrected chi connectivity index (χ3v) is 3.87. The Hall–Kier alpha value is -1.26. The van der Waals surface area contributed by atoms with E-state index < -0.39 is 5.97 Å². The molecular weight excluding hydrogens is 244 g/mol. The zero-order valence-corrected chi connectivity index (χ0v) is 12.0. The van der Waals surface area contributed by atoms with Gasteiger partial charge in [-0.15, -0.1) is 0 Å². The zero-order chi connectivity index (χ0) is 14.3. The first kappa shape index (κ1) is 15.8. The Morgan fingerprint density at radius 1 is 1.42 bits per heavy atom. The maximum absolute atomic E-state index is 12.0. The highest BCUT2D eigenvalue weighted by Crippen LogP contribution is 2.19. The molecule has 110 valence electrons. The van der Waals surface area contributed by atoms with Crippen molar-refractivity contribution in [1.82, 2.24) is 10.2 Å². The van der Waals surface area contributed by atoms with Gasteiger partial charge in [-0.2, -0.15) is 0 Å². The van der Waals surface area contributed by atoms with Crippen molar-refractivity contribution in [3.05, 3.63) is 0 Å². The van der Waals surface area contributed by atoms with Gasteiger partial charge in [0.1, 0.15) is 0 Å². The fraction of sp³-hybridized carbons (Fsp3) is 0.857. The summed E-state index contributed by atoms with van der Waals surface area (Å²) < 4.78 is 0. The first-order valence-corrected chi connectivity index (χ1v) is 7.33. The quantitative estimate of drug-likeness (QED) is 0.728. The number of carboxylic acid groups (broad SMARTS) is 1. The molecule has 2 unspecified atom stereocenters. The number of rotatable bonds is 6. The fourth-order valence-corrected chi connectivity index (χ4v) is 2.52. The Morgan fingerprint density at radius 3 is 2.79 bits per heavy atom. The van der Waals surface area contributed by atoms with Crippen molar-refractivity contribution in [3.8, 4) is 0 Å². The predicted octanol–water partition coefficient (Wildman–Crippen LogP) is 2.46. The minimum atomic E-state index is -0.770. The zero-order valence-electron chi connectivity index (χ0n) is 12.0. The maximum Gasteiger partial charge on any atom is 0.317 e. The molecular formula is C14H26N2O3. The van der Waals surface area contributed by atoms with E-state index in [1.165, 1.54) is 6.42 Å². The molecule has 0 bridgehead atoms. The van der Waals surface area contributed by atoms with Crippen molar-refractivity contribution >= 4 is 12.0 Å². The lowest BCUT2D eigenvalue weighted by atomic mass is 10.0. The Kier molecular flexibility index (Phi) is 6.67. The monoisotopic (exact) mass is 270 g/mol. The molecule has 5 nitrogen and oxygen atoms in total. The summed E-state index contributed by atoms with van der Waals surface area (Å²) in [5.41, 5.74) is 0. The van der Waals surface area contributed by atoms with Crippen LogP contribution in [0.5, 0.6) is 0 Å². The van der Waals surface area contributed by atoms with E-state index in [1.54, 1.807) is 6.92 Å². The molecule has 0 spiro atoms. The molecule has 2 amide bonds. The summed E-state index contributed by atoms with van der Waals surface area (Å²) in [5, 5.41) is 11.7. The number of urea groups is 1. The highest BCUT2D eigenvalue weighted by molar-refractivity contribution is 5.74. The van der Waals surface area contributed by atoms with E-state index in [2.05, 4.69) is 12.2 Å². The van der Waals surface area contributed by atoms with Gasteiger partial charge < -0.3 is 15.3 Å². The van der Waals surface area contributed by atoms with Crippen molar-refractivity contribution in [2.75, 3.05) is 13.1 Å². The van der Waals surface area contributed by atoms with E-state index >= 15 is 0 Å². The van der Waals surface area contributed by atoms with Gasteiger partial charge >= 0.3 is 12.0 Å². The van der Waals surface area contributed by atoms with Crippen molar-refractivity contribution in [3.63, 3.8) is 0 Å². The van der Waals surface area contributed by atoms with Crippen LogP contribution in [0.3, 0.4) is 0 Å². The molecule has 1 rings (SSSR count). The Morgan fingerprint density at radius 2 is 2.16 bits per heavy atom. The molecule has 0 aromatic carbocycles. The topological polar surface area (TPSA) is 69.6 Å². The second-order valence-corrected chi connectivity index (χ2v) is 5.36. The lowest BCUT2D eigenvalue weighted by Gasteiger charge is -2.35. The van der Waals surface area contributed by atoms with Gasteiger partial charge in [0.25, 0.3) is 0 Å². The standard InChI is InChI=1S/C14H26N2O3/c1-3-12-8-4-5-10-16(12)14(19)15-9-6-7-11(2)13(17)18/h11-12H,3-10H2,1-2H3,(H,15,19)(H,17,18). The first-order chi connectivity index (χ1) is 9.06. The molecule has 0 aliphatic carbocycles. The molecule has 2 N–H and O–H groups in total. The van der Waals surface area contributed by atoms with E-state index in [9.17, 15) is 9.59 Å². The molecule has 1 aliphatic rings. The van der Waals surface area contributed by atoms with E-state index in [4.69, 9.17) is 5.11 Å². The van der Waals surface area contributed by atoms with Gasteiger partial charge in [-0.3, -0.25) is 4.79 Å². The van der Waals surface area contributed by atoms with Gasteiger partial charge in [-0.25, -0.2) is 4.79 Å². The van der Waals surface area contributed by atoms with Crippen molar-refractivity contribution in [2.24, 2.45) is 5.92 Å². The van der Waals surface area contributed by atoms with E-state index in [1.807, 2.05) is 4.90 Å². The third kappa shape index (κ3) is 5.09. The number of hydrogen-bond acceptors (Lipinski definition) is 2. The minimum Gasteiger partial charge on any atom is -0.481 e. The van der Waals surface area contributed by atoms with E-state index in [0.29, 0.717) is 25.4 Å². The van der Waals surface area contributed by atoms with E-state index in [0.717, 1.165) is 25.8 Å². The van der Waals surface area contributed by atoms with Crippen molar-refractivity contribution in [1.29, 1.82) is 0 Å². The summed E-state index contributed by atoms with van der Waals surface area (Å²) >= 11 is 0. The summed E-state index contributed by atoms with van der Waals surface area (Å²) in [6, 6.07) is 0.376. The van der Waals surface area contributed by atoms with Crippen LogP contribution < -0.4 is 5.32 Å². The van der Waals surface area contributed by atoms with Crippen LogP contribution in [0, 0.1) is 5.92 Å². The smallest absolute Gasteiger partial charge is 0.317 e. The summed E-state index contributed by atoms with van der Waals surface area (Å²) in [6.45, 7) is 5.21. The second kappa shape index (κ2) is 8.02. The predicted molar refractivity (Wildman–Crippen MR) is 74.1 cm³/mol. The van der Waals surface area contributed by atoms with Gasteiger partial charge in [0.15, 0.2) is 0 Å². The molecule has 1 fully saturated rings. The Balaban J connectivity index is 2.24. The lowest BCUT2D eigenvalue weighted by Crippen LogP contribution is -2.48. The average Bonchev–Trinajstić information content (AvgIpc) is 2.42. The number of piperidine rings is 1. The molecule has 0 aromatic rings. The SMILES string of the molecule is CCC1CCCCN1C(=O)NCCCC(C)C(=O)O. The van der Waals surface area contributed by atoms with Crippen LogP contribution in [0.4, 0.5) is 4.79 Å². The van der Waals surface area contributed by atoms with Gasteiger partial charge in [-0.05, 0) is 38.5 Å². The molecule has 0 saturated carbocycles. The number of carbonyl (C=O) groups excluding carboxylic acids is 1. The van der Waals surface area contributed by atoms with Crippen molar-refractivity contribution < 1.29 is 14.7 Å². The molecule has 5 heteroatoms. The highest BCUT2D eigenvalue weighted by Gasteiger charge is 2.24. The van der Waals surface area contributed by atoms with Gasteiger partial charge in [0, 0.05) is 19.1 Å². The number of nitrogens with one attached hydrogen (secondary N) is 1. The molecule has 0 radical (unpaired) electrons. The number of nitrogens with zero attached hydrogens (tertiary/aromatic N) is 1. The number of carbonyl (C=O) groups is 2. The number of likely N-dealkylation sites (tertiary alicyclic amines) is 1.